The summed E-state index contributed by atoms with van der Waals surface area (Å²) in [4.78, 5) is 0. The lowest BCUT2D eigenvalue weighted by atomic mass is 9.91. The van der Waals surface area contributed by atoms with Gasteiger partial charge in [-0.1, -0.05) is 13.8 Å². The molecule has 0 rings (SSSR count). The summed E-state index contributed by atoms with van der Waals surface area (Å²) in [6.07, 6.45) is 2.20. The molecule has 0 unspecified atom stereocenters. The van der Waals surface area contributed by atoms with Crippen molar-refractivity contribution in [2.75, 3.05) is 5.75 Å². The Labute approximate surface area is 94.4 Å². The average molecular weight is 235 g/mol. The Morgan fingerprint density at radius 1 is 1.07 bits per heavy atom. The van der Waals surface area contributed by atoms with Crippen molar-refractivity contribution in [2.24, 2.45) is 5.73 Å². The summed E-state index contributed by atoms with van der Waals surface area (Å²) in [6, 6.07) is 0. The molecule has 0 heterocycles. The zero-order chi connectivity index (χ0) is 12.3. The molecule has 0 atom stereocenters. The minimum absolute atomic E-state index is 0.189. The molecule has 0 aliphatic rings. The van der Waals surface area contributed by atoms with Crippen molar-refractivity contribution in [3.05, 3.63) is 0 Å². The van der Waals surface area contributed by atoms with Crippen LogP contribution >= 0.6 is 0 Å². The minimum Gasteiger partial charge on any atom is -0.325 e. The number of rotatable bonds is 5. The molecule has 0 aromatic heterocycles. The highest BCUT2D eigenvalue weighted by molar-refractivity contribution is 7.92. The summed E-state index contributed by atoms with van der Waals surface area (Å²) < 4.78 is 23.1. The molecular formula is C11H25NO2S. The van der Waals surface area contributed by atoms with Gasteiger partial charge < -0.3 is 5.73 Å². The van der Waals surface area contributed by atoms with E-state index in [9.17, 15) is 8.42 Å². The van der Waals surface area contributed by atoms with E-state index in [2.05, 4.69) is 0 Å². The summed E-state index contributed by atoms with van der Waals surface area (Å²) in [7, 11) is -3.03. The van der Waals surface area contributed by atoms with Gasteiger partial charge in [0, 0.05) is 5.54 Å². The first kappa shape index (κ1) is 14.9. The molecule has 0 aromatic rings. The van der Waals surface area contributed by atoms with Crippen LogP contribution in [0.5, 0.6) is 0 Å². The molecule has 0 radical (unpaired) electrons. The Kier molecular flexibility index (Phi) is 4.80. The lowest BCUT2D eigenvalue weighted by Crippen LogP contribution is -2.42. The normalized spacial score (nSPS) is 14.3. The van der Waals surface area contributed by atoms with Crippen molar-refractivity contribution >= 4 is 9.84 Å². The standard InChI is InChI=1S/C11H25NO2S/c1-6-11(12,7-2)8-9-15(13,14)10(3,4)5/h6-9,12H2,1-5H3. The van der Waals surface area contributed by atoms with Crippen LogP contribution < -0.4 is 5.73 Å². The molecular weight excluding hydrogens is 210 g/mol. The SMILES string of the molecule is CCC(N)(CC)CCS(=O)(=O)C(C)(C)C. The van der Waals surface area contributed by atoms with Gasteiger partial charge in [0.05, 0.1) is 10.5 Å². The van der Waals surface area contributed by atoms with Gasteiger partial charge in [-0.05, 0) is 40.0 Å². The van der Waals surface area contributed by atoms with Gasteiger partial charge in [0.25, 0.3) is 0 Å². The predicted octanol–water partition coefficient (Wildman–Crippen LogP) is 2.11. The Morgan fingerprint density at radius 2 is 1.47 bits per heavy atom. The molecule has 3 nitrogen and oxygen atoms in total. The predicted molar refractivity (Wildman–Crippen MR) is 65.7 cm³/mol. The monoisotopic (exact) mass is 235 g/mol. The summed E-state index contributed by atoms with van der Waals surface area (Å²) in [5.41, 5.74) is 5.76. The minimum atomic E-state index is -3.03. The van der Waals surface area contributed by atoms with Crippen LogP contribution in [-0.4, -0.2) is 24.5 Å². The van der Waals surface area contributed by atoms with E-state index in [1.54, 1.807) is 20.8 Å². The molecule has 0 spiro atoms. The van der Waals surface area contributed by atoms with Gasteiger partial charge in [-0.25, -0.2) is 8.42 Å². The third kappa shape index (κ3) is 4.11. The van der Waals surface area contributed by atoms with Crippen molar-refractivity contribution < 1.29 is 8.42 Å². The van der Waals surface area contributed by atoms with E-state index < -0.39 is 14.6 Å². The molecule has 2 N–H and O–H groups in total. The van der Waals surface area contributed by atoms with Gasteiger partial charge in [-0.3, -0.25) is 0 Å². The summed E-state index contributed by atoms with van der Waals surface area (Å²) in [5.74, 6) is 0.189. The molecule has 92 valence electrons. The molecule has 0 aliphatic heterocycles. The fraction of sp³-hybridized carbons (Fsp3) is 1.00. The maximum Gasteiger partial charge on any atom is 0.155 e. The number of sulfone groups is 1. The highest BCUT2D eigenvalue weighted by Crippen LogP contribution is 2.22. The van der Waals surface area contributed by atoms with Crippen molar-refractivity contribution in [1.82, 2.24) is 0 Å². The first-order valence-electron chi connectivity index (χ1n) is 5.59. The van der Waals surface area contributed by atoms with Gasteiger partial charge in [-0.15, -0.1) is 0 Å². The highest BCUT2D eigenvalue weighted by atomic mass is 32.2. The fourth-order valence-electron chi connectivity index (χ4n) is 1.25. The van der Waals surface area contributed by atoms with E-state index in [4.69, 9.17) is 5.73 Å². The lowest BCUT2D eigenvalue weighted by Gasteiger charge is -2.28. The molecule has 0 aromatic carbocycles. The number of hydrogen-bond donors (Lipinski definition) is 1. The van der Waals surface area contributed by atoms with Crippen LogP contribution in [0, 0.1) is 0 Å². The zero-order valence-electron chi connectivity index (χ0n) is 10.6. The smallest absolute Gasteiger partial charge is 0.155 e. The molecule has 15 heavy (non-hydrogen) atoms. The van der Waals surface area contributed by atoms with Gasteiger partial charge >= 0.3 is 0 Å². The van der Waals surface area contributed by atoms with Gasteiger partial charge in [-0.2, -0.15) is 0 Å². The van der Waals surface area contributed by atoms with Crippen molar-refractivity contribution in [3.8, 4) is 0 Å². The Morgan fingerprint density at radius 3 is 1.73 bits per heavy atom. The molecule has 0 fully saturated rings. The third-order valence-corrected chi connectivity index (χ3v) is 5.82. The summed E-state index contributed by atoms with van der Waals surface area (Å²) in [5, 5.41) is 0. The fourth-order valence-corrected chi connectivity index (χ4v) is 2.53. The molecule has 4 heteroatoms. The molecule has 0 aliphatic carbocycles. The van der Waals surface area contributed by atoms with Crippen molar-refractivity contribution in [1.29, 1.82) is 0 Å². The van der Waals surface area contributed by atoms with Gasteiger partial charge in [0.1, 0.15) is 0 Å². The van der Waals surface area contributed by atoms with Crippen LogP contribution in [0.4, 0.5) is 0 Å². The second-order valence-electron chi connectivity index (χ2n) is 5.25. The molecule has 0 bridgehead atoms. The number of hydrogen-bond acceptors (Lipinski definition) is 3. The van der Waals surface area contributed by atoms with Crippen molar-refractivity contribution in [2.45, 2.75) is 64.2 Å². The van der Waals surface area contributed by atoms with Crippen LogP contribution in [0.3, 0.4) is 0 Å². The van der Waals surface area contributed by atoms with Crippen LogP contribution in [0.25, 0.3) is 0 Å². The topological polar surface area (TPSA) is 60.2 Å². The zero-order valence-corrected chi connectivity index (χ0v) is 11.4. The number of nitrogens with two attached hydrogens (primary N) is 1. The van der Waals surface area contributed by atoms with Crippen LogP contribution in [0.1, 0.15) is 53.9 Å². The first-order valence-corrected chi connectivity index (χ1v) is 7.24. The molecule has 0 saturated carbocycles. The third-order valence-electron chi connectivity index (χ3n) is 3.21. The largest absolute Gasteiger partial charge is 0.325 e. The lowest BCUT2D eigenvalue weighted by molar-refractivity contribution is 0.381. The average Bonchev–Trinajstić information content (AvgIpc) is 2.13. The van der Waals surface area contributed by atoms with Gasteiger partial charge in [0.2, 0.25) is 0 Å². The quantitative estimate of drug-likeness (QED) is 0.794. The van der Waals surface area contributed by atoms with Crippen LogP contribution in [0.15, 0.2) is 0 Å². The first-order chi connectivity index (χ1) is 6.58. The Balaban J connectivity index is 4.53. The summed E-state index contributed by atoms with van der Waals surface area (Å²) >= 11 is 0. The maximum absolute atomic E-state index is 11.9. The maximum atomic E-state index is 11.9. The van der Waals surface area contributed by atoms with Crippen LogP contribution in [-0.2, 0) is 9.84 Å². The van der Waals surface area contributed by atoms with Gasteiger partial charge in [0.15, 0.2) is 9.84 Å². The van der Waals surface area contributed by atoms with E-state index in [0.29, 0.717) is 6.42 Å². The van der Waals surface area contributed by atoms with E-state index in [-0.39, 0.29) is 11.3 Å². The highest BCUT2D eigenvalue weighted by Gasteiger charge is 2.31. The summed E-state index contributed by atoms with van der Waals surface area (Å²) in [6.45, 7) is 9.22. The van der Waals surface area contributed by atoms with Crippen molar-refractivity contribution in [3.63, 3.8) is 0 Å². The Bertz CT molecular complexity index is 284. The second kappa shape index (κ2) is 4.83. The van der Waals surface area contributed by atoms with E-state index >= 15 is 0 Å². The molecule has 0 saturated heterocycles. The Hall–Kier alpha value is -0.0900. The van der Waals surface area contributed by atoms with E-state index in [1.165, 1.54) is 0 Å². The van der Waals surface area contributed by atoms with E-state index in [0.717, 1.165) is 12.8 Å². The van der Waals surface area contributed by atoms with E-state index in [1.807, 2.05) is 13.8 Å². The second-order valence-corrected chi connectivity index (χ2v) is 8.11. The molecule has 0 amide bonds. The van der Waals surface area contributed by atoms with Crippen LogP contribution in [0.2, 0.25) is 0 Å².